The third-order valence-electron chi connectivity index (χ3n) is 1.91. The number of rotatable bonds is 2. The van der Waals surface area contributed by atoms with E-state index in [1.807, 2.05) is 0 Å². The van der Waals surface area contributed by atoms with Crippen LogP contribution in [-0.4, -0.2) is 15.8 Å². The number of halogens is 2. The lowest BCUT2D eigenvalue weighted by atomic mass is 10.2. The van der Waals surface area contributed by atoms with Gasteiger partial charge in [0.25, 0.3) is 0 Å². The van der Waals surface area contributed by atoms with Crippen molar-refractivity contribution in [3.63, 3.8) is 0 Å². The number of carbonyl (C=O) groups excluding carboxylic acids is 1. The molecular formula is C11H6BrClN2O. The van der Waals surface area contributed by atoms with Crippen molar-refractivity contribution in [1.29, 1.82) is 0 Å². The molecule has 2 aromatic heterocycles. The Balaban J connectivity index is 2.35. The zero-order chi connectivity index (χ0) is 11.5. The summed E-state index contributed by atoms with van der Waals surface area (Å²) in [7, 11) is 0. The maximum atomic E-state index is 11.9. The average molecular weight is 298 g/mol. The Bertz CT molecular complexity index is 528. The van der Waals surface area contributed by atoms with Crippen LogP contribution >= 0.6 is 27.5 Å². The summed E-state index contributed by atoms with van der Waals surface area (Å²) in [6.45, 7) is 0. The van der Waals surface area contributed by atoms with Gasteiger partial charge in [-0.3, -0.25) is 9.78 Å². The molecule has 2 aromatic rings. The van der Waals surface area contributed by atoms with E-state index in [-0.39, 0.29) is 5.78 Å². The molecular weight excluding hydrogens is 291 g/mol. The van der Waals surface area contributed by atoms with Gasteiger partial charge in [-0.05, 0) is 40.2 Å². The summed E-state index contributed by atoms with van der Waals surface area (Å²) in [6, 6.07) is 8.30. The molecule has 2 rings (SSSR count). The monoisotopic (exact) mass is 296 g/mol. The molecule has 5 heteroatoms. The first-order valence-electron chi connectivity index (χ1n) is 4.45. The Morgan fingerprint density at radius 1 is 1.19 bits per heavy atom. The van der Waals surface area contributed by atoms with Gasteiger partial charge >= 0.3 is 0 Å². The minimum Gasteiger partial charge on any atom is -0.285 e. The molecule has 0 aliphatic rings. The molecule has 3 nitrogen and oxygen atoms in total. The minimum atomic E-state index is -0.241. The molecule has 0 unspecified atom stereocenters. The van der Waals surface area contributed by atoms with Crippen LogP contribution in [0.25, 0.3) is 0 Å². The molecule has 2 heterocycles. The third kappa shape index (κ3) is 2.46. The second kappa shape index (κ2) is 4.72. The lowest BCUT2D eigenvalue weighted by Crippen LogP contribution is -2.05. The molecule has 0 bridgehead atoms. The number of carbonyl (C=O) groups is 1. The van der Waals surface area contributed by atoms with Crippen LogP contribution in [0.15, 0.2) is 41.0 Å². The van der Waals surface area contributed by atoms with E-state index in [0.717, 1.165) is 4.47 Å². The maximum absolute atomic E-state index is 11.9. The smallest absolute Gasteiger partial charge is 0.229 e. The topological polar surface area (TPSA) is 42.9 Å². The van der Waals surface area contributed by atoms with Gasteiger partial charge in [0.2, 0.25) is 5.78 Å². The van der Waals surface area contributed by atoms with E-state index in [1.54, 1.807) is 36.5 Å². The van der Waals surface area contributed by atoms with Crippen molar-refractivity contribution in [3.8, 4) is 0 Å². The summed E-state index contributed by atoms with van der Waals surface area (Å²) < 4.78 is 0.822. The Labute approximate surface area is 106 Å². The number of ketones is 1. The molecule has 0 amide bonds. The fourth-order valence-electron chi connectivity index (χ4n) is 1.18. The molecule has 16 heavy (non-hydrogen) atoms. The van der Waals surface area contributed by atoms with E-state index in [0.29, 0.717) is 16.5 Å². The highest BCUT2D eigenvalue weighted by Crippen LogP contribution is 2.12. The molecule has 0 N–H and O–H groups in total. The highest BCUT2D eigenvalue weighted by Gasteiger charge is 2.11. The van der Waals surface area contributed by atoms with Gasteiger partial charge < -0.3 is 0 Å². The van der Waals surface area contributed by atoms with E-state index in [1.165, 1.54) is 0 Å². The largest absolute Gasteiger partial charge is 0.285 e. The number of hydrogen-bond donors (Lipinski definition) is 0. The molecule has 0 spiro atoms. The van der Waals surface area contributed by atoms with Crippen LogP contribution in [0.5, 0.6) is 0 Å². The normalized spacial score (nSPS) is 10.1. The van der Waals surface area contributed by atoms with Gasteiger partial charge in [0.05, 0.1) is 0 Å². The van der Waals surface area contributed by atoms with Gasteiger partial charge in [-0.2, -0.15) is 0 Å². The van der Waals surface area contributed by atoms with Gasteiger partial charge in [0, 0.05) is 10.7 Å². The van der Waals surface area contributed by atoms with Crippen LogP contribution in [0, 0.1) is 0 Å². The van der Waals surface area contributed by atoms with Crippen molar-refractivity contribution in [2.75, 3.05) is 0 Å². The van der Waals surface area contributed by atoms with E-state index in [9.17, 15) is 4.79 Å². The molecule has 0 atom stereocenters. The SMILES string of the molecule is O=C(c1ccc(Br)cn1)c1cccc(Cl)n1. The van der Waals surface area contributed by atoms with Crippen molar-refractivity contribution >= 4 is 33.3 Å². The molecule has 0 fully saturated rings. The van der Waals surface area contributed by atoms with Gasteiger partial charge in [-0.1, -0.05) is 17.7 Å². The molecule has 0 saturated heterocycles. The summed E-state index contributed by atoms with van der Waals surface area (Å²) in [6.07, 6.45) is 1.57. The maximum Gasteiger partial charge on any atom is 0.229 e. The van der Waals surface area contributed by atoms with Crippen LogP contribution < -0.4 is 0 Å². The van der Waals surface area contributed by atoms with Crippen LogP contribution in [0.4, 0.5) is 0 Å². The van der Waals surface area contributed by atoms with Gasteiger partial charge in [0.15, 0.2) is 0 Å². The number of nitrogens with zero attached hydrogens (tertiary/aromatic N) is 2. The predicted molar refractivity (Wildman–Crippen MR) is 64.6 cm³/mol. The second-order valence-corrected chi connectivity index (χ2v) is 4.34. The van der Waals surface area contributed by atoms with E-state index < -0.39 is 0 Å². The average Bonchev–Trinajstić information content (AvgIpc) is 2.29. The Hall–Kier alpha value is -1.26. The van der Waals surface area contributed by atoms with Crippen molar-refractivity contribution < 1.29 is 4.79 Å². The van der Waals surface area contributed by atoms with E-state index >= 15 is 0 Å². The molecule has 0 aliphatic carbocycles. The first-order valence-corrected chi connectivity index (χ1v) is 5.63. The summed E-state index contributed by atoms with van der Waals surface area (Å²) >= 11 is 8.96. The second-order valence-electron chi connectivity index (χ2n) is 3.04. The standard InChI is InChI=1S/C11H6BrClN2O/c12-7-4-5-8(14-6-7)11(16)9-2-1-3-10(13)15-9/h1-6H. The van der Waals surface area contributed by atoms with Crippen LogP contribution in [-0.2, 0) is 0 Å². The predicted octanol–water partition coefficient (Wildman–Crippen LogP) is 3.12. The molecule has 80 valence electrons. The number of aromatic nitrogens is 2. The number of hydrogen-bond acceptors (Lipinski definition) is 3. The van der Waals surface area contributed by atoms with Crippen molar-refractivity contribution in [2.45, 2.75) is 0 Å². The molecule has 0 radical (unpaired) electrons. The van der Waals surface area contributed by atoms with Gasteiger partial charge in [-0.15, -0.1) is 0 Å². The highest BCUT2D eigenvalue weighted by molar-refractivity contribution is 9.10. The summed E-state index contributed by atoms with van der Waals surface area (Å²) in [4.78, 5) is 19.9. The van der Waals surface area contributed by atoms with Crippen molar-refractivity contribution in [1.82, 2.24) is 9.97 Å². The lowest BCUT2D eigenvalue weighted by Gasteiger charge is -1.99. The lowest BCUT2D eigenvalue weighted by molar-refractivity contribution is 0.103. The van der Waals surface area contributed by atoms with Crippen molar-refractivity contribution in [2.24, 2.45) is 0 Å². The fraction of sp³-hybridized carbons (Fsp3) is 0. The van der Waals surface area contributed by atoms with Gasteiger partial charge in [-0.25, -0.2) is 4.98 Å². The molecule has 0 aliphatic heterocycles. The highest BCUT2D eigenvalue weighted by atomic mass is 79.9. The van der Waals surface area contributed by atoms with Gasteiger partial charge in [0.1, 0.15) is 16.5 Å². The van der Waals surface area contributed by atoms with E-state index in [4.69, 9.17) is 11.6 Å². The van der Waals surface area contributed by atoms with Crippen LogP contribution in [0.3, 0.4) is 0 Å². The number of pyridine rings is 2. The Morgan fingerprint density at radius 2 is 2.00 bits per heavy atom. The minimum absolute atomic E-state index is 0.241. The Kier molecular flexibility index (Phi) is 3.31. The fourth-order valence-corrected chi connectivity index (χ4v) is 1.57. The molecule has 0 saturated carbocycles. The van der Waals surface area contributed by atoms with Crippen LogP contribution in [0.1, 0.15) is 16.2 Å². The first kappa shape index (κ1) is 11.2. The van der Waals surface area contributed by atoms with E-state index in [2.05, 4.69) is 25.9 Å². The summed E-state index contributed by atoms with van der Waals surface area (Å²) in [5.74, 6) is -0.241. The third-order valence-corrected chi connectivity index (χ3v) is 2.59. The quantitative estimate of drug-likeness (QED) is 0.632. The zero-order valence-electron chi connectivity index (χ0n) is 8.02. The summed E-state index contributed by atoms with van der Waals surface area (Å²) in [5.41, 5.74) is 0.639. The molecule has 0 aromatic carbocycles. The zero-order valence-corrected chi connectivity index (χ0v) is 10.4. The van der Waals surface area contributed by atoms with Crippen molar-refractivity contribution in [3.05, 3.63) is 57.5 Å². The summed E-state index contributed by atoms with van der Waals surface area (Å²) in [5, 5.41) is 0.294. The Morgan fingerprint density at radius 3 is 2.62 bits per heavy atom. The van der Waals surface area contributed by atoms with Crippen LogP contribution in [0.2, 0.25) is 5.15 Å². The first-order chi connectivity index (χ1) is 7.66.